The number of anilines is 1. The highest BCUT2D eigenvalue weighted by Crippen LogP contribution is 2.25. The Balaban J connectivity index is 2.24. The maximum atomic E-state index is 6.02. The SMILES string of the molecule is CCc1cc(Oc2cncc(N)n2)ccc1Cl. The second kappa shape index (κ2) is 5.01. The van der Waals surface area contributed by atoms with Crippen LogP contribution in [0.5, 0.6) is 11.6 Å². The van der Waals surface area contributed by atoms with E-state index in [0.29, 0.717) is 17.4 Å². The molecule has 0 saturated carbocycles. The summed E-state index contributed by atoms with van der Waals surface area (Å²) in [4.78, 5) is 7.91. The summed E-state index contributed by atoms with van der Waals surface area (Å²) in [6.45, 7) is 2.03. The monoisotopic (exact) mass is 249 g/mol. The number of aromatic nitrogens is 2. The van der Waals surface area contributed by atoms with Gasteiger partial charge in [0.2, 0.25) is 5.88 Å². The number of hydrogen-bond acceptors (Lipinski definition) is 4. The molecule has 0 aliphatic heterocycles. The van der Waals surface area contributed by atoms with Crippen LogP contribution in [0.15, 0.2) is 30.6 Å². The molecule has 17 heavy (non-hydrogen) atoms. The van der Waals surface area contributed by atoms with Crippen molar-refractivity contribution < 1.29 is 4.74 Å². The van der Waals surface area contributed by atoms with Crippen LogP contribution in [0.3, 0.4) is 0 Å². The summed E-state index contributed by atoms with van der Waals surface area (Å²) in [7, 11) is 0. The van der Waals surface area contributed by atoms with Crippen molar-refractivity contribution in [2.75, 3.05) is 5.73 Å². The Labute approximate surface area is 104 Å². The van der Waals surface area contributed by atoms with Crippen molar-refractivity contribution in [2.24, 2.45) is 0 Å². The van der Waals surface area contributed by atoms with Gasteiger partial charge in [-0.25, -0.2) is 0 Å². The van der Waals surface area contributed by atoms with Crippen molar-refractivity contribution in [1.82, 2.24) is 9.97 Å². The van der Waals surface area contributed by atoms with Gasteiger partial charge in [0.15, 0.2) is 0 Å². The van der Waals surface area contributed by atoms with E-state index < -0.39 is 0 Å². The van der Waals surface area contributed by atoms with Crippen molar-refractivity contribution in [2.45, 2.75) is 13.3 Å². The van der Waals surface area contributed by atoms with E-state index in [2.05, 4.69) is 9.97 Å². The van der Waals surface area contributed by atoms with E-state index in [1.807, 2.05) is 13.0 Å². The molecule has 1 aromatic carbocycles. The second-order valence-corrected chi connectivity index (χ2v) is 3.90. The van der Waals surface area contributed by atoms with Crippen LogP contribution in [-0.2, 0) is 6.42 Å². The van der Waals surface area contributed by atoms with Gasteiger partial charge in [-0.3, -0.25) is 4.98 Å². The third kappa shape index (κ3) is 2.85. The minimum absolute atomic E-state index is 0.326. The number of aryl methyl sites for hydroxylation is 1. The zero-order valence-electron chi connectivity index (χ0n) is 9.35. The fourth-order valence-electron chi connectivity index (χ4n) is 1.42. The average molecular weight is 250 g/mol. The van der Waals surface area contributed by atoms with Gasteiger partial charge in [-0.1, -0.05) is 18.5 Å². The molecule has 1 heterocycles. The summed E-state index contributed by atoms with van der Waals surface area (Å²) in [5.74, 6) is 1.37. The van der Waals surface area contributed by atoms with Crippen molar-refractivity contribution in [3.63, 3.8) is 0 Å². The molecule has 88 valence electrons. The van der Waals surface area contributed by atoms with Crippen LogP contribution in [0.4, 0.5) is 5.82 Å². The summed E-state index contributed by atoms with van der Waals surface area (Å²) >= 11 is 6.02. The molecule has 2 aromatic rings. The number of benzene rings is 1. The van der Waals surface area contributed by atoms with Crippen LogP contribution in [0, 0.1) is 0 Å². The molecule has 0 amide bonds. The molecule has 0 spiro atoms. The molecule has 0 atom stereocenters. The predicted octanol–water partition coefficient (Wildman–Crippen LogP) is 3.07. The lowest BCUT2D eigenvalue weighted by Crippen LogP contribution is -1.95. The number of nitrogens with zero attached hydrogens (tertiary/aromatic N) is 2. The normalized spacial score (nSPS) is 10.2. The quantitative estimate of drug-likeness (QED) is 0.908. The smallest absolute Gasteiger partial charge is 0.239 e. The van der Waals surface area contributed by atoms with Gasteiger partial charge in [0.25, 0.3) is 0 Å². The number of halogens is 1. The second-order valence-electron chi connectivity index (χ2n) is 3.49. The molecular weight excluding hydrogens is 238 g/mol. The van der Waals surface area contributed by atoms with Crippen molar-refractivity contribution in [1.29, 1.82) is 0 Å². The van der Waals surface area contributed by atoms with Crippen LogP contribution in [0.2, 0.25) is 5.02 Å². The lowest BCUT2D eigenvalue weighted by atomic mass is 10.1. The predicted molar refractivity (Wildman–Crippen MR) is 67.3 cm³/mol. The maximum Gasteiger partial charge on any atom is 0.239 e. The molecule has 2 rings (SSSR count). The molecule has 0 bridgehead atoms. The molecule has 1 aromatic heterocycles. The molecule has 2 N–H and O–H groups in total. The number of nitrogens with two attached hydrogens (primary N) is 1. The number of hydrogen-bond donors (Lipinski definition) is 1. The third-order valence-corrected chi connectivity index (χ3v) is 2.62. The summed E-state index contributed by atoms with van der Waals surface area (Å²) in [5.41, 5.74) is 6.55. The fourth-order valence-corrected chi connectivity index (χ4v) is 1.67. The molecule has 0 fully saturated rings. The van der Waals surface area contributed by atoms with Crippen LogP contribution >= 0.6 is 11.6 Å². The Kier molecular flexibility index (Phi) is 3.44. The average Bonchev–Trinajstić information content (AvgIpc) is 2.32. The topological polar surface area (TPSA) is 61.0 Å². The van der Waals surface area contributed by atoms with Gasteiger partial charge in [-0.15, -0.1) is 0 Å². The van der Waals surface area contributed by atoms with E-state index in [-0.39, 0.29) is 0 Å². The van der Waals surface area contributed by atoms with E-state index in [0.717, 1.165) is 17.0 Å². The lowest BCUT2D eigenvalue weighted by Gasteiger charge is -2.07. The first-order valence-corrected chi connectivity index (χ1v) is 5.60. The highest BCUT2D eigenvalue weighted by atomic mass is 35.5. The Morgan fingerprint density at radius 3 is 2.88 bits per heavy atom. The summed E-state index contributed by atoms with van der Waals surface area (Å²) in [6.07, 6.45) is 3.82. The zero-order chi connectivity index (χ0) is 12.3. The Morgan fingerprint density at radius 2 is 2.18 bits per heavy atom. The third-order valence-electron chi connectivity index (χ3n) is 2.25. The van der Waals surface area contributed by atoms with E-state index in [4.69, 9.17) is 22.1 Å². The van der Waals surface area contributed by atoms with Crippen LogP contribution in [0.1, 0.15) is 12.5 Å². The van der Waals surface area contributed by atoms with Gasteiger partial charge in [0, 0.05) is 5.02 Å². The van der Waals surface area contributed by atoms with Crippen molar-refractivity contribution >= 4 is 17.4 Å². The standard InChI is InChI=1S/C12H12ClN3O/c1-2-8-5-9(3-4-10(8)13)17-12-7-15-6-11(14)16-12/h3-7H,2H2,1H3,(H2,14,16). The molecule has 0 aliphatic carbocycles. The summed E-state index contributed by atoms with van der Waals surface area (Å²) in [6, 6.07) is 5.47. The number of ether oxygens (including phenoxy) is 1. The molecule has 0 aliphatic rings. The Morgan fingerprint density at radius 1 is 1.35 bits per heavy atom. The van der Waals surface area contributed by atoms with E-state index >= 15 is 0 Å². The fraction of sp³-hybridized carbons (Fsp3) is 0.167. The molecule has 5 heteroatoms. The Hall–Kier alpha value is -1.81. The highest BCUT2D eigenvalue weighted by molar-refractivity contribution is 6.31. The highest BCUT2D eigenvalue weighted by Gasteiger charge is 2.03. The first-order valence-electron chi connectivity index (χ1n) is 5.23. The first-order chi connectivity index (χ1) is 8.19. The molecule has 0 saturated heterocycles. The van der Waals surface area contributed by atoms with Crippen molar-refractivity contribution in [3.8, 4) is 11.6 Å². The summed E-state index contributed by atoms with van der Waals surface area (Å²) in [5, 5.41) is 0.735. The summed E-state index contributed by atoms with van der Waals surface area (Å²) < 4.78 is 5.54. The number of rotatable bonds is 3. The van der Waals surface area contributed by atoms with Gasteiger partial charge in [0.1, 0.15) is 11.6 Å². The minimum Gasteiger partial charge on any atom is -0.437 e. The zero-order valence-corrected chi connectivity index (χ0v) is 10.1. The van der Waals surface area contributed by atoms with Crippen LogP contribution < -0.4 is 10.5 Å². The van der Waals surface area contributed by atoms with Crippen LogP contribution in [0.25, 0.3) is 0 Å². The Bertz CT molecular complexity index is 531. The lowest BCUT2D eigenvalue weighted by molar-refractivity contribution is 0.460. The van der Waals surface area contributed by atoms with Crippen molar-refractivity contribution in [3.05, 3.63) is 41.2 Å². The molecule has 0 unspecified atom stereocenters. The van der Waals surface area contributed by atoms with Gasteiger partial charge in [-0.2, -0.15) is 4.98 Å². The van der Waals surface area contributed by atoms with Gasteiger partial charge in [-0.05, 0) is 30.2 Å². The molecule has 4 nitrogen and oxygen atoms in total. The maximum absolute atomic E-state index is 6.02. The first kappa shape index (κ1) is 11.7. The van der Waals surface area contributed by atoms with E-state index in [1.54, 1.807) is 12.1 Å². The van der Waals surface area contributed by atoms with E-state index in [9.17, 15) is 0 Å². The van der Waals surface area contributed by atoms with Gasteiger partial charge < -0.3 is 10.5 Å². The van der Waals surface area contributed by atoms with Crippen LogP contribution in [-0.4, -0.2) is 9.97 Å². The minimum atomic E-state index is 0.326. The molecular formula is C12H12ClN3O. The number of nitrogen functional groups attached to an aromatic ring is 1. The van der Waals surface area contributed by atoms with Gasteiger partial charge >= 0.3 is 0 Å². The largest absolute Gasteiger partial charge is 0.437 e. The van der Waals surface area contributed by atoms with E-state index in [1.165, 1.54) is 12.4 Å². The van der Waals surface area contributed by atoms with Gasteiger partial charge in [0.05, 0.1) is 12.4 Å². The molecule has 0 radical (unpaired) electrons.